The first-order chi connectivity index (χ1) is 22.0. The summed E-state index contributed by atoms with van der Waals surface area (Å²) in [4.78, 5) is 30.1. The van der Waals surface area contributed by atoms with Crippen molar-refractivity contribution in [2.45, 2.75) is 70.2 Å². The van der Waals surface area contributed by atoms with Crippen molar-refractivity contribution in [1.82, 2.24) is 20.7 Å². The molecule has 1 heterocycles. The van der Waals surface area contributed by atoms with Crippen LogP contribution in [0.1, 0.15) is 63.1 Å². The third-order valence-corrected chi connectivity index (χ3v) is 7.77. The zero-order valence-electron chi connectivity index (χ0n) is 26.4. The molecule has 19 heteroatoms. The van der Waals surface area contributed by atoms with E-state index in [1.54, 1.807) is 0 Å². The molecule has 0 aliphatic carbocycles. The molecule has 0 radical (unpaired) electrons. The molecular formula is C28H42FN5O12S. The monoisotopic (exact) mass is 691 g/mol. The van der Waals surface area contributed by atoms with Crippen molar-refractivity contribution in [2.24, 2.45) is 0 Å². The number of rotatable bonds is 20. The minimum Gasteiger partial charge on any atom is -0.466 e. The van der Waals surface area contributed by atoms with E-state index in [9.17, 15) is 27.8 Å². The fourth-order valence-electron chi connectivity index (χ4n) is 4.20. The highest BCUT2D eigenvalue weighted by molar-refractivity contribution is 7.92. The highest BCUT2D eigenvalue weighted by Crippen LogP contribution is 2.31. The van der Waals surface area contributed by atoms with Crippen molar-refractivity contribution >= 4 is 28.0 Å². The third-order valence-electron chi connectivity index (χ3n) is 6.61. The van der Waals surface area contributed by atoms with Crippen LogP contribution in [0.25, 0.3) is 17.3 Å². The Labute approximate surface area is 271 Å². The first-order valence-electron chi connectivity index (χ1n) is 14.4. The van der Waals surface area contributed by atoms with E-state index in [1.807, 2.05) is 13.8 Å². The molecule has 3 atom stereocenters. The van der Waals surface area contributed by atoms with Gasteiger partial charge in [0.15, 0.2) is 0 Å². The summed E-state index contributed by atoms with van der Waals surface area (Å²) in [5, 5.41) is 54.7. The van der Waals surface area contributed by atoms with Crippen LogP contribution in [0.5, 0.6) is 0 Å². The number of anilines is 1. The summed E-state index contributed by atoms with van der Waals surface area (Å²) >= 11 is 0. The second-order valence-corrected chi connectivity index (χ2v) is 12.8. The lowest BCUT2D eigenvalue weighted by atomic mass is 9.97. The van der Waals surface area contributed by atoms with Crippen molar-refractivity contribution in [2.75, 3.05) is 30.8 Å². The zero-order valence-corrected chi connectivity index (χ0v) is 27.2. The van der Waals surface area contributed by atoms with Gasteiger partial charge < -0.3 is 14.9 Å². The van der Waals surface area contributed by atoms with Gasteiger partial charge in [-0.05, 0) is 49.4 Å². The summed E-state index contributed by atoms with van der Waals surface area (Å²) in [6, 6.07) is 5.42. The van der Waals surface area contributed by atoms with Crippen molar-refractivity contribution < 1.29 is 63.1 Å². The number of esters is 1. The lowest BCUT2D eigenvalue weighted by Crippen LogP contribution is -2.31. The predicted molar refractivity (Wildman–Crippen MR) is 162 cm³/mol. The highest BCUT2D eigenvalue weighted by atomic mass is 32.2. The predicted octanol–water partition coefficient (Wildman–Crippen LogP) is 2.42. The fourth-order valence-corrected chi connectivity index (χ4v) is 4.58. The Morgan fingerprint density at radius 3 is 2.28 bits per heavy atom. The Hall–Kier alpha value is -3.21. The molecule has 0 fully saturated rings. The van der Waals surface area contributed by atoms with Crippen LogP contribution in [0.4, 0.5) is 10.3 Å². The molecule has 6 N–H and O–H groups in total. The second-order valence-electron chi connectivity index (χ2n) is 10.8. The number of carbonyl (C=O) groups excluding carboxylic acids is 1. The minimum absolute atomic E-state index is 0.0374. The van der Waals surface area contributed by atoms with Crippen molar-refractivity contribution in [1.29, 1.82) is 0 Å². The van der Waals surface area contributed by atoms with Crippen molar-refractivity contribution in [3.63, 3.8) is 0 Å². The summed E-state index contributed by atoms with van der Waals surface area (Å²) in [5.41, 5.74) is 1.66. The summed E-state index contributed by atoms with van der Waals surface area (Å²) in [6.07, 6.45) is 0.653. The number of aliphatic hydroxyl groups is 2. The molecular weight excluding hydrogens is 649 g/mol. The maximum atomic E-state index is 13.7. The number of halogens is 1. The first kappa shape index (κ1) is 40.0. The third kappa shape index (κ3) is 14.2. The Balaban J connectivity index is 2.05. The van der Waals surface area contributed by atoms with Crippen molar-refractivity contribution in [3.8, 4) is 11.3 Å². The molecule has 0 spiro atoms. The van der Waals surface area contributed by atoms with Crippen LogP contribution in [-0.2, 0) is 29.2 Å². The van der Waals surface area contributed by atoms with Gasteiger partial charge in [0.1, 0.15) is 18.5 Å². The highest BCUT2D eigenvalue weighted by Gasteiger charge is 2.23. The van der Waals surface area contributed by atoms with Crippen LogP contribution in [0.3, 0.4) is 0 Å². The van der Waals surface area contributed by atoms with E-state index in [-0.39, 0.29) is 31.3 Å². The molecule has 0 bridgehead atoms. The van der Waals surface area contributed by atoms with Gasteiger partial charge in [-0.15, -0.1) is 0 Å². The molecule has 0 saturated heterocycles. The average molecular weight is 692 g/mol. The van der Waals surface area contributed by atoms with E-state index < -0.39 is 63.9 Å². The van der Waals surface area contributed by atoms with Crippen LogP contribution in [0.15, 0.2) is 30.3 Å². The number of benzene rings is 1. The number of unbranched alkanes of at least 4 members (excludes halogenated alkanes) is 1. The molecule has 47 heavy (non-hydrogen) atoms. The maximum absolute atomic E-state index is 13.7. The fraction of sp³-hybridized carbons (Fsp3) is 0.536. The number of aliphatic hydroxyl groups excluding tert-OH is 2. The van der Waals surface area contributed by atoms with Crippen LogP contribution in [-0.4, -0.2) is 111 Å². The van der Waals surface area contributed by atoms with E-state index >= 15 is 0 Å². The molecule has 0 aliphatic heterocycles. The van der Waals surface area contributed by atoms with E-state index in [1.165, 1.54) is 43.5 Å². The number of hydrogen-bond acceptors (Lipinski definition) is 16. The molecule has 2 aromatic rings. The Morgan fingerprint density at radius 2 is 1.70 bits per heavy atom. The molecule has 2 rings (SSSR count). The Morgan fingerprint density at radius 1 is 1.04 bits per heavy atom. The van der Waals surface area contributed by atoms with Crippen molar-refractivity contribution in [3.05, 3.63) is 47.4 Å². The number of carbonyl (C=O) groups is 1. The lowest BCUT2D eigenvalue weighted by Gasteiger charge is -2.20. The van der Waals surface area contributed by atoms with Gasteiger partial charge in [-0.25, -0.2) is 36.8 Å². The van der Waals surface area contributed by atoms with Gasteiger partial charge in [-0.2, -0.15) is 0 Å². The normalized spacial score (nSPS) is 14.3. The number of nitrogens with zero attached hydrogens (tertiary/aromatic N) is 5. The topological polar surface area (TPSA) is 236 Å². The smallest absolute Gasteiger partial charge is 0.308 e. The summed E-state index contributed by atoms with van der Waals surface area (Å²) < 4.78 is 44.2. The molecule has 0 aliphatic rings. The molecule has 3 unspecified atom stereocenters. The number of ether oxygens (including phenoxy) is 1. The van der Waals surface area contributed by atoms with E-state index in [2.05, 4.69) is 19.6 Å². The second kappa shape index (κ2) is 19.0. The number of hydrogen-bond donors (Lipinski definition) is 6. The SMILES string of the molecule is CC(C)c1nc(N(C)S(C)(=O)=O)nc(-c2ccc(F)cc2)c1/C=C/C(O)CC(O)CC(=O)OCCCCC(CON(O)O)ON(O)O. The number of sulfonamides is 1. The summed E-state index contributed by atoms with van der Waals surface area (Å²) in [5.74, 6) is -1.52. The Kier molecular flexibility index (Phi) is 16.1. The van der Waals surface area contributed by atoms with Crippen LogP contribution >= 0.6 is 0 Å². The van der Waals surface area contributed by atoms with Crippen LogP contribution < -0.4 is 4.31 Å². The quantitative estimate of drug-likeness (QED) is 0.0664. The van der Waals surface area contributed by atoms with Gasteiger partial charge >= 0.3 is 5.97 Å². The van der Waals surface area contributed by atoms with Gasteiger partial charge in [0, 0.05) is 24.6 Å². The molecule has 17 nitrogen and oxygen atoms in total. The molecule has 0 amide bonds. The summed E-state index contributed by atoms with van der Waals surface area (Å²) in [7, 11) is -2.40. The first-order valence-corrected chi connectivity index (χ1v) is 16.3. The molecule has 0 saturated carbocycles. The van der Waals surface area contributed by atoms with Crippen LogP contribution in [0, 0.1) is 5.82 Å². The molecule has 1 aromatic heterocycles. The van der Waals surface area contributed by atoms with Gasteiger partial charge in [-0.3, -0.25) is 25.6 Å². The largest absolute Gasteiger partial charge is 0.466 e. The molecule has 1 aromatic carbocycles. The minimum atomic E-state index is -3.71. The maximum Gasteiger partial charge on any atom is 0.308 e. The molecule has 264 valence electrons. The summed E-state index contributed by atoms with van der Waals surface area (Å²) in [6.45, 7) is 3.20. The standard InChI is InChI=1S/C28H42FN5O12S/c1-18(2)26-24(27(19-8-10-20(29)11-9-19)31-28(30-26)32(3)47(4,42)43)13-12-21(35)15-22(36)16-25(37)44-14-6-5-7-23(46-34(40)41)17-45-33(38)39/h8-13,18,21-23,35-36,38-41H,5-7,14-17H2,1-4H3/b13-12+. The van der Waals surface area contributed by atoms with Gasteiger partial charge in [0.25, 0.3) is 0 Å². The number of aromatic nitrogens is 2. The lowest BCUT2D eigenvalue weighted by molar-refractivity contribution is -0.527. The van der Waals surface area contributed by atoms with Gasteiger partial charge in [-0.1, -0.05) is 26.0 Å². The average Bonchev–Trinajstić information content (AvgIpc) is 2.97. The van der Waals surface area contributed by atoms with Crippen LogP contribution in [0.2, 0.25) is 0 Å². The van der Waals surface area contributed by atoms with Gasteiger partial charge in [0.05, 0.1) is 53.7 Å². The Bertz CT molecular complexity index is 1410. The van der Waals surface area contributed by atoms with E-state index in [4.69, 9.17) is 25.6 Å². The van der Waals surface area contributed by atoms with E-state index in [0.717, 1.165) is 10.6 Å². The zero-order chi connectivity index (χ0) is 35.3. The van der Waals surface area contributed by atoms with Gasteiger partial charge in [0.2, 0.25) is 16.0 Å². The van der Waals surface area contributed by atoms with E-state index in [0.29, 0.717) is 35.4 Å².